The van der Waals surface area contributed by atoms with Crippen LogP contribution in [0, 0.1) is 5.92 Å². The van der Waals surface area contributed by atoms with Crippen LogP contribution in [0.15, 0.2) is 18.3 Å². The topological polar surface area (TPSA) is 71.9 Å². The quantitative estimate of drug-likeness (QED) is 0.835. The number of nitrogens with zero attached hydrogens (tertiary/aromatic N) is 2. The standard InChI is InChI=1S/C17H23BN2O4/c1-15(2)16(3,4)24-18(23-15)12-5-6-13(19-8-12)17-7-11(17)9-20(10-17)14(21)22/h5-6,8,11H,7,9-10H2,1-4H3,(H,21,22). The maximum absolute atomic E-state index is 11.2. The molecule has 3 heterocycles. The van der Waals surface area contributed by atoms with E-state index in [1.54, 1.807) is 0 Å². The lowest BCUT2D eigenvalue weighted by molar-refractivity contribution is 0.00578. The molecular weight excluding hydrogens is 307 g/mol. The van der Waals surface area contributed by atoms with Gasteiger partial charge in [-0.3, -0.25) is 4.98 Å². The van der Waals surface area contributed by atoms with E-state index in [0.717, 1.165) is 17.6 Å². The van der Waals surface area contributed by atoms with Gasteiger partial charge in [0.25, 0.3) is 0 Å². The molecule has 2 saturated heterocycles. The van der Waals surface area contributed by atoms with Crippen molar-refractivity contribution in [2.75, 3.05) is 13.1 Å². The van der Waals surface area contributed by atoms with E-state index in [0.29, 0.717) is 19.0 Å². The van der Waals surface area contributed by atoms with E-state index in [2.05, 4.69) is 4.98 Å². The number of carboxylic acid groups (broad SMARTS) is 1. The largest absolute Gasteiger partial charge is 0.496 e. The predicted octanol–water partition coefficient (Wildman–Crippen LogP) is 1.63. The van der Waals surface area contributed by atoms with Gasteiger partial charge in [-0.2, -0.15) is 0 Å². The molecule has 0 bridgehead atoms. The monoisotopic (exact) mass is 330 g/mol. The van der Waals surface area contributed by atoms with E-state index in [-0.39, 0.29) is 16.6 Å². The molecule has 128 valence electrons. The number of hydrogen-bond donors (Lipinski definition) is 1. The molecule has 6 nitrogen and oxygen atoms in total. The minimum Gasteiger partial charge on any atom is -0.465 e. The fraction of sp³-hybridized carbons (Fsp3) is 0.647. The molecule has 1 saturated carbocycles. The highest BCUT2D eigenvalue weighted by Gasteiger charge is 2.63. The molecule has 0 aromatic carbocycles. The van der Waals surface area contributed by atoms with E-state index in [1.165, 1.54) is 4.90 Å². The van der Waals surface area contributed by atoms with Crippen molar-refractivity contribution in [3.8, 4) is 0 Å². The zero-order chi connectivity index (χ0) is 17.3. The average molecular weight is 330 g/mol. The summed E-state index contributed by atoms with van der Waals surface area (Å²) in [4.78, 5) is 17.3. The van der Waals surface area contributed by atoms with Crippen molar-refractivity contribution in [2.24, 2.45) is 5.92 Å². The Morgan fingerprint density at radius 3 is 2.46 bits per heavy atom. The fourth-order valence-corrected chi connectivity index (χ4v) is 3.84. The van der Waals surface area contributed by atoms with Crippen LogP contribution in [0.25, 0.3) is 0 Å². The summed E-state index contributed by atoms with van der Waals surface area (Å²) in [6.45, 7) is 9.29. The second-order valence-corrected chi connectivity index (χ2v) is 8.29. The molecule has 1 amide bonds. The second kappa shape index (κ2) is 4.73. The van der Waals surface area contributed by atoms with Gasteiger partial charge in [0, 0.05) is 35.9 Å². The normalized spacial score (nSPS) is 32.8. The van der Waals surface area contributed by atoms with Crippen molar-refractivity contribution < 1.29 is 19.2 Å². The van der Waals surface area contributed by atoms with Gasteiger partial charge in [-0.1, -0.05) is 6.07 Å². The molecule has 4 rings (SSSR count). The summed E-state index contributed by atoms with van der Waals surface area (Å²) >= 11 is 0. The Bertz CT molecular complexity index is 674. The van der Waals surface area contributed by atoms with Crippen molar-refractivity contribution in [3.05, 3.63) is 24.0 Å². The van der Waals surface area contributed by atoms with Crippen molar-refractivity contribution in [3.63, 3.8) is 0 Å². The lowest BCUT2D eigenvalue weighted by Crippen LogP contribution is -2.41. The predicted molar refractivity (Wildman–Crippen MR) is 89.3 cm³/mol. The third-order valence-corrected chi connectivity index (χ3v) is 6.24. The first-order valence-corrected chi connectivity index (χ1v) is 8.45. The van der Waals surface area contributed by atoms with Crippen molar-refractivity contribution in [1.29, 1.82) is 0 Å². The Kier molecular flexibility index (Phi) is 3.13. The molecule has 3 fully saturated rings. The number of hydrogen-bond acceptors (Lipinski definition) is 4. The number of piperidine rings is 1. The highest BCUT2D eigenvalue weighted by atomic mass is 16.7. The number of likely N-dealkylation sites (tertiary alicyclic amines) is 1. The zero-order valence-corrected chi connectivity index (χ0v) is 14.6. The summed E-state index contributed by atoms with van der Waals surface area (Å²) in [6.07, 6.45) is 2.00. The summed E-state index contributed by atoms with van der Waals surface area (Å²) < 4.78 is 12.1. The van der Waals surface area contributed by atoms with Crippen LogP contribution in [0.2, 0.25) is 0 Å². The van der Waals surface area contributed by atoms with Crippen LogP contribution < -0.4 is 5.46 Å². The molecule has 3 aliphatic rings. The number of fused-ring (bicyclic) bond motifs is 1. The molecular formula is C17H23BN2O4. The van der Waals surface area contributed by atoms with Crippen molar-refractivity contribution in [2.45, 2.75) is 50.7 Å². The maximum Gasteiger partial charge on any atom is 0.496 e. The highest BCUT2D eigenvalue weighted by Crippen LogP contribution is 2.58. The molecule has 2 unspecified atom stereocenters. The molecule has 2 aliphatic heterocycles. The van der Waals surface area contributed by atoms with Crippen LogP contribution in [0.5, 0.6) is 0 Å². The van der Waals surface area contributed by atoms with Gasteiger partial charge in [0.1, 0.15) is 0 Å². The molecule has 1 aliphatic carbocycles. The number of aromatic nitrogens is 1. The van der Waals surface area contributed by atoms with Gasteiger partial charge in [0.2, 0.25) is 0 Å². The molecule has 0 radical (unpaired) electrons. The van der Waals surface area contributed by atoms with Crippen molar-refractivity contribution in [1.82, 2.24) is 9.88 Å². The molecule has 1 aromatic rings. The third kappa shape index (κ3) is 2.18. The van der Waals surface area contributed by atoms with Gasteiger partial charge in [0.05, 0.1) is 11.2 Å². The van der Waals surface area contributed by atoms with Crippen molar-refractivity contribution >= 4 is 18.7 Å². The maximum atomic E-state index is 11.2. The van der Waals surface area contributed by atoms with E-state index in [1.807, 2.05) is 46.0 Å². The average Bonchev–Trinajstić information content (AvgIpc) is 2.98. The van der Waals surface area contributed by atoms with Crippen LogP contribution in [0.4, 0.5) is 4.79 Å². The summed E-state index contributed by atoms with van der Waals surface area (Å²) in [6, 6.07) is 4.00. The minimum absolute atomic E-state index is 0.0765. The molecule has 24 heavy (non-hydrogen) atoms. The molecule has 2 atom stereocenters. The summed E-state index contributed by atoms with van der Waals surface area (Å²) in [5.74, 6) is 0.406. The Morgan fingerprint density at radius 2 is 1.96 bits per heavy atom. The van der Waals surface area contributed by atoms with Crippen LogP contribution in [0.1, 0.15) is 39.8 Å². The highest BCUT2D eigenvalue weighted by molar-refractivity contribution is 6.62. The van der Waals surface area contributed by atoms with E-state index < -0.39 is 13.2 Å². The van der Waals surface area contributed by atoms with Crippen LogP contribution in [-0.2, 0) is 14.7 Å². The van der Waals surface area contributed by atoms with Gasteiger partial charge in [-0.15, -0.1) is 0 Å². The Morgan fingerprint density at radius 1 is 1.29 bits per heavy atom. The zero-order valence-electron chi connectivity index (χ0n) is 14.6. The van der Waals surface area contributed by atoms with Crippen LogP contribution in [-0.4, -0.2) is 52.5 Å². The fourth-order valence-electron chi connectivity index (χ4n) is 3.84. The summed E-state index contributed by atoms with van der Waals surface area (Å²) in [5, 5.41) is 9.17. The summed E-state index contributed by atoms with van der Waals surface area (Å²) in [7, 11) is -0.414. The van der Waals surface area contributed by atoms with E-state index >= 15 is 0 Å². The smallest absolute Gasteiger partial charge is 0.465 e. The minimum atomic E-state index is -0.838. The van der Waals surface area contributed by atoms with Gasteiger partial charge in [-0.25, -0.2) is 4.79 Å². The Balaban J connectivity index is 1.52. The van der Waals surface area contributed by atoms with Gasteiger partial charge in [-0.05, 0) is 46.1 Å². The molecule has 7 heteroatoms. The second-order valence-electron chi connectivity index (χ2n) is 8.29. The molecule has 1 N–H and O–H groups in total. The molecule has 0 spiro atoms. The van der Waals surface area contributed by atoms with E-state index in [9.17, 15) is 9.90 Å². The summed E-state index contributed by atoms with van der Waals surface area (Å²) in [5.41, 5.74) is 1.07. The number of rotatable bonds is 2. The van der Waals surface area contributed by atoms with Crippen LogP contribution in [0.3, 0.4) is 0 Å². The lowest BCUT2D eigenvalue weighted by atomic mass is 9.80. The number of amides is 1. The lowest BCUT2D eigenvalue weighted by Gasteiger charge is -2.32. The van der Waals surface area contributed by atoms with Gasteiger partial charge in [0.15, 0.2) is 0 Å². The first kappa shape index (κ1) is 15.9. The number of pyridine rings is 1. The van der Waals surface area contributed by atoms with Gasteiger partial charge < -0.3 is 19.3 Å². The first-order chi connectivity index (χ1) is 11.1. The SMILES string of the molecule is CC1(C)OB(c2ccc(C34CC3CN(C(=O)O)C4)nc2)OC1(C)C. The first-order valence-electron chi connectivity index (χ1n) is 8.45. The Hall–Kier alpha value is -1.60. The van der Waals surface area contributed by atoms with Crippen LogP contribution >= 0.6 is 0 Å². The van der Waals surface area contributed by atoms with Gasteiger partial charge >= 0.3 is 13.2 Å². The molecule has 1 aromatic heterocycles. The Labute approximate surface area is 142 Å². The van der Waals surface area contributed by atoms with E-state index in [4.69, 9.17) is 9.31 Å². The third-order valence-electron chi connectivity index (χ3n) is 6.24. The number of carbonyl (C=O) groups is 1.